The predicted octanol–water partition coefficient (Wildman–Crippen LogP) is 2.65. The zero-order valence-electron chi connectivity index (χ0n) is 14.1. The van der Waals surface area contributed by atoms with E-state index in [-0.39, 0.29) is 0 Å². The lowest BCUT2D eigenvalue weighted by Gasteiger charge is -2.27. The molecule has 0 radical (unpaired) electrons. The molecule has 2 aromatic heterocycles. The second-order valence-electron chi connectivity index (χ2n) is 5.73. The van der Waals surface area contributed by atoms with Gasteiger partial charge in [-0.2, -0.15) is 4.98 Å². The van der Waals surface area contributed by atoms with Crippen molar-refractivity contribution >= 4 is 29.3 Å². The van der Waals surface area contributed by atoms with Gasteiger partial charge in [0.2, 0.25) is 5.95 Å². The maximum Gasteiger partial charge on any atom is 0.259 e. The molecule has 136 valence electrons. The molecule has 3 heterocycles. The minimum atomic E-state index is 0.415. The summed E-state index contributed by atoms with van der Waals surface area (Å²) in [4.78, 5) is 6.59. The normalized spacial score (nSPS) is 14.8. The summed E-state index contributed by atoms with van der Waals surface area (Å²) in [5, 5.41) is 14.0. The highest BCUT2D eigenvalue weighted by Gasteiger charge is 2.19. The monoisotopic (exact) mass is 392 g/mol. The SMILES string of the molecule is Cn1c(SCc2noc(-c3ccccc3Cl)n2)nnc1N1CCOCC1. The molecule has 1 saturated heterocycles. The van der Waals surface area contributed by atoms with E-state index in [1.54, 1.807) is 6.07 Å². The molecule has 0 unspecified atom stereocenters. The van der Waals surface area contributed by atoms with Crippen LogP contribution in [0.5, 0.6) is 0 Å². The molecule has 0 atom stereocenters. The summed E-state index contributed by atoms with van der Waals surface area (Å²) < 4.78 is 12.7. The largest absolute Gasteiger partial charge is 0.378 e. The van der Waals surface area contributed by atoms with Crippen molar-refractivity contribution in [3.05, 3.63) is 35.1 Å². The Hall–Kier alpha value is -2.10. The summed E-state index contributed by atoms with van der Waals surface area (Å²) in [6.45, 7) is 3.07. The van der Waals surface area contributed by atoms with Crippen molar-refractivity contribution in [1.82, 2.24) is 24.9 Å². The van der Waals surface area contributed by atoms with Crippen molar-refractivity contribution in [1.29, 1.82) is 0 Å². The van der Waals surface area contributed by atoms with Gasteiger partial charge in [0, 0.05) is 20.1 Å². The molecular weight excluding hydrogens is 376 g/mol. The molecule has 0 aliphatic carbocycles. The smallest absolute Gasteiger partial charge is 0.259 e. The summed E-state index contributed by atoms with van der Waals surface area (Å²) in [5.41, 5.74) is 0.728. The number of ether oxygens (including phenoxy) is 1. The van der Waals surface area contributed by atoms with Gasteiger partial charge in [0.05, 0.1) is 29.6 Å². The first-order chi connectivity index (χ1) is 12.7. The Bertz CT molecular complexity index is 893. The fraction of sp³-hybridized carbons (Fsp3) is 0.375. The Morgan fingerprint density at radius 3 is 2.81 bits per heavy atom. The Morgan fingerprint density at radius 1 is 1.19 bits per heavy atom. The van der Waals surface area contributed by atoms with Crippen LogP contribution in [0.25, 0.3) is 11.5 Å². The first kappa shape index (κ1) is 17.3. The van der Waals surface area contributed by atoms with Gasteiger partial charge in [0.1, 0.15) is 0 Å². The van der Waals surface area contributed by atoms with Crippen LogP contribution in [0.1, 0.15) is 5.82 Å². The van der Waals surface area contributed by atoms with Gasteiger partial charge < -0.3 is 14.2 Å². The van der Waals surface area contributed by atoms with Gasteiger partial charge in [-0.1, -0.05) is 40.7 Å². The third kappa shape index (κ3) is 3.55. The van der Waals surface area contributed by atoms with E-state index in [4.69, 9.17) is 20.9 Å². The van der Waals surface area contributed by atoms with E-state index in [9.17, 15) is 0 Å². The minimum absolute atomic E-state index is 0.415. The van der Waals surface area contributed by atoms with Gasteiger partial charge in [-0.3, -0.25) is 4.57 Å². The van der Waals surface area contributed by atoms with Crippen LogP contribution in [0.15, 0.2) is 33.9 Å². The molecule has 10 heteroatoms. The summed E-state index contributed by atoms with van der Waals surface area (Å²) >= 11 is 7.68. The first-order valence-corrected chi connectivity index (χ1v) is 9.51. The van der Waals surface area contributed by atoms with Crippen LogP contribution in [-0.4, -0.2) is 51.2 Å². The van der Waals surface area contributed by atoms with Crippen LogP contribution in [0.2, 0.25) is 5.02 Å². The number of thioether (sulfide) groups is 1. The van der Waals surface area contributed by atoms with Crippen molar-refractivity contribution in [2.45, 2.75) is 10.9 Å². The van der Waals surface area contributed by atoms with Crippen molar-refractivity contribution < 1.29 is 9.26 Å². The highest BCUT2D eigenvalue weighted by atomic mass is 35.5. The van der Waals surface area contributed by atoms with Gasteiger partial charge in [-0.05, 0) is 12.1 Å². The van der Waals surface area contributed by atoms with Crippen LogP contribution >= 0.6 is 23.4 Å². The summed E-state index contributed by atoms with van der Waals surface area (Å²) in [6.07, 6.45) is 0. The molecule has 0 saturated carbocycles. The number of hydrogen-bond acceptors (Lipinski definition) is 8. The molecule has 26 heavy (non-hydrogen) atoms. The number of anilines is 1. The number of morpholine rings is 1. The van der Waals surface area contributed by atoms with Crippen LogP contribution in [-0.2, 0) is 17.5 Å². The van der Waals surface area contributed by atoms with Crippen molar-refractivity contribution in [3.63, 3.8) is 0 Å². The van der Waals surface area contributed by atoms with E-state index in [2.05, 4.69) is 25.2 Å². The molecule has 1 aromatic carbocycles. The third-order valence-corrected chi connectivity index (χ3v) is 5.35. The number of nitrogens with zero attached hydrogens (tertiary/aromatic N) is 6. The van der Waals surface area contributed by atoms with Gasteiger partial charge in [0.15, 0.2) is 11.0 Å². The zero-order chi connectivity index (χ0) is 17.9. The number of benzene rings is 1. The fourth-order valence-electron chi connectivity index (χ4n) is 2.66. The number of rotatable bonds is 5. The molecule has 0 bridgehead atoms. The lowest BCUT2D eigenvalue weighted by molar-refractivity contribution is 0.121. The maximum atomic E-state index is 6.17. The average Bonchev–Trinajstić information content (AvgIpc) is 3.28. The van der Waals surface area contributed by atoms with Crippen molar-refractivity contribution in [2.75, 3.05) is 31.2 Å². The lowest BCUT2D eigenvalue weighted by atomic mass is 10.2. The molecule has 0 amide bonds. The molecule has 0 spiro atoms. The van der Waals surface area contributed by atoms with Crippen LogP contribution in [0, 0.1) is 0 Å². The molecule has 1 fully saturated rings. The molecule has 0 N–H and O–H groups in total. The molecule has 1 aliphatic heterocycles. The van der Waals surface area contributed by atoms with Gasteiger partial charge in [0.25, 0.3) is 5.89 Å². The number of aromatic nitrogens is 5. The Kier molecular flexibility index (Phi) is 5.09. The lowest BCUT2D eigenvalue weighted by Crippen LogP contribution is -2.37. The quantitative estimate of drug-likeness (QED) is 0.613. The second-order valence-corrected chi connectivity index (χ2v) is 7.07. The maximum absolute atomic E-state index is 6.17. The Labute approximate surface area is 159 Å². The first-order valence-electron chi connectivity index (χ1n) is 8.15. The van der Waals surface area contributed by atoms with E-state index < -0.39 is 0 Å². The van der Waals surface area contributed by atoms with E-state index in [0.717, 1.165) is 29.8 Å². The number of halogens is 1. The van der Waals surface area contributed by atoms with Gasteiger partial charge >= 0.3 is 0 Å². The summed E-state index contributed by atoms with van der Waals surface area (Å²) in [6, 6.07) is 7.39. The van der Waals surface area contributed by atoms with Crippen molar-refractivity contribution in [2.24, 2.45) is 7.05 Å². The van der Waals surface area contributed by atoms with Crippen LogP contribution < -0.4 is 4.90 Å². The van der Waals surface area contributed by atoms with Crippen molar-refractivity contribution in [3.8, 4) is 11.5 Å². The number of hydrogen-bond donors (Lipinski definition) is 0. The molecule has 8 nitrogen and oxygen atoms in total. The molecule has 4 rings (SSSR count). The van der Waals surface area contributed by atoms with E-state index in [0.29, 0.717) is 35.7 Å². The van der Waals surface area contributed by atoms with Crippen LogP contribution in [0.4, 0.5) is 5.95 Å². The summed E-state index contributed by atoms with van der Waals surface area (Å²) in [7, 11) is 1.96. The average molecular weight is 393 g/mol. The predicted molar refractivity (Wildman–Crippen MR) is 98.3 cm³/mol. The zero-order valence-corrected chi connectivity index (χ0v) is 15.7. The Balaban J connectivity index is 1.43. The third-order valence-electron chi connectivity index (χ3n) is 4.01. The highest BCUT2D eigenvalue weighted by molar-refractivity contribution is 7.98. The molecular formula is C16H17ClN6O2S. The van der Waals surface area contributed by atoms with Gasteiger partial charge in [-0.25, -0.2) is 0 Å². The highest BCUT2D eigenvalue weighted by Crippen LogP contribution is 2.28. The fourth-order valence-corrected chi connectivity index (χ4v) is 3.62. The standard InChI is InChI=1S/C16H17ClN6O2S/c1-22-15(23-6-8-24-9-7-23)19-20-16(22)26-10-13-18-14(25-21-13)11-4-2-3-5-12(11)17/h2-5H,6-10H2,1H3. The minimum Gasteiger partial charge on any atom is -0.378 e. The topological polar surface area (TPSA) is 82.1 Å². The van der Waals surface area contributed by atoms with Gasteiger partial charge in [-0.15, -0.1) is 10.2 Å². The summed E-state index contributed by atoms with van der Waals surface area (Å²) in [5.74, 6) is 2.38. The van der Waals surface area contributed by atoms with E-state index in [1.807, 2.05) is 29.8 Å². The Morgan fingerprint density at radius 2 is 2.00 bits per heavy atom. The molecule has 1 aliphatic rings. The van der Waals surface area contributed by atoms with E-state index in [1.165, 1.54) is 11.8 Å². The van der Waals surface area contributed by atoms with E-state index >= 15 is 0 Å². The molecule has 3 aromatic rings. The second kappa shape index (κ2) is 7.65. The van der Waals surface area contributed by atoms with Crippen LogP contribution in [0.3, 0.4) is 0 Å².